The minimum Gasteiger partial charge on any atom is -0.394 e. The summed E-state index contributed by atoms with van der Waals surface area (Å²) in [5.41, 5.74) is 0.300. The van der Waals surface area contributed by atoms with Gasteiger partial charge in [0.25, 0.3) is 0 Å². The average molecular weight is 256 g/mol. The number of rotatable bonds is 6. The van der Waals surface area contributed by atoms with Gasteiger partial charge in [-0.05, 0) is 37.5 Å². The van der Waals surface area contributed by atoms with Crippen molar-refractivity contribution in [3.63, 3.8) is 0 Å². The van der Waals surface area contributed by atoms with Gasteiger partial charge < -0.3 is 15.7 Å². The van der Waals surface area contributed by atoms with E-state index in [1.54, 1.807) is 6.92 Å². The quantitative estimate of drug-likeness (QED) is 0.682. The topological polar surface area (TPSA) is 61.4 Å². The van der Waals surface area contributed by atoms with Gasteiger partial charge in [-0.2, -0.15) is 0 Å². The summed E-state index contributed by atoms with van der Waals surface area (Å²) in [6, 6.07) is -0.346. The van der Waals surface area contributed by atoms with Gasteiger partial charge in [0, 0.05) is 6.54 Å². The molecule has 1 atom stereocenters. The minimum absolute atomic E-state index is 0.0233. The van der Waals surface area contributed by atoms with Gasteiger partial charge in [0.2, 0.25) is 0 Å². The normalized spacial score (nSPS) is 19.8. The maximum Gasteiger partial charge on any atom is 0.315 e. The monoisotopic (exact) mass is 256 g/mol. The summed E-state index contributed by atoms with van der Waals surface area (Å²) >= 11 is 0. The number of carbonyl (C=O) groups excluding carboxylic acids is 1. The van der Waals surface area contributed by atoms with Crippen LogP contribution in [0.3, 0.4) is 0 Å². The van der Waals surface area contributed by atoms with Crippen LogP contribution in [0.25, 0.3) is 0 Å². The van der Waals surface area contributed by atoms with Gasteiger partial charge in [-0.15, -0.1) is 0 Å². The third-order valence-electron chi connectivity index (χ3n) is 3.78. The highest BCUT2D eigenvalue weighted by atomic mass is 16.3. The molecule has 0 heterocycles. The second kappa shape index (κ2) is 6.98. The van der Waals surface area contributed by atoms with Crippen molar-refractivity contribution in [2.75, 3.05) is 13.2 Å². The summed E-state index contributed by atoms with van der Waals surface area (Å²) in [7, 11) is 0. The fraction of sp³-hybridized carbons (Fsp3) is 0.929. The SMILES string of the molecule is CC(C)CC1(CNC(=O)NC(C)CO)CCCC1. The Kier molecular flexibility index (Phi) is 5.93. The summed E-state index contributed by atoms with van der Waals surface area (Å²) in [6.07, 6.45) is 6.19. The van der Waals surface area contributed by atoms with Crippen molar-refractivity contribution < 1.29 is 9.90 Å². The highest BCUT2D eigenvalue weighted by Crippen LogP contribution is 2.42. The van der Waals surface area contributed by atoms with Crippen molar-refractivity contribution >= 4 is 6.03 Å². The molecule has 106 valence electrons. The molecule has 1 fully saturated rings. The fourth-order valence-electron chi connectivity index (χ4n) is 3.03. The lowest BCUT2D eigenvalue weighted by Gasteiger charge is -2.31. The van der Waals surface area contributed by atoms with Crippen LogP contribution in [-0.2, 0) is 0 Å². The molecule has 0 aromatic carbocycles. The maximum atomic E-state index is 11.7. The first kappa shape index (κ1) is 15.3. The number of nitrogens with one attached hydrogen (secondary N) is 2. The molecule has 3 N–H and O–H groups in total. The maximum absolute atomic E-state index is 11.7. The van der Waals surface area contributed by atoms with E-state index in [-0.39, 0.29) is 18.7 Å². The molecule has 18 heavy (non-hydrogen) atoms. The van der Waals surface area contributed by atoms with Crippen LogP contribution in [0.15, 0.2) is 0 Å². The molecule has 0 aromatic rings. The number of aliphatic hydroxyl groups is 1. The Hall–Kier alpha value is -0.770. The van der Waals surface area contributed by atoms with Crippen molar-refractivity contribution in [1.82, 2.24) is 10.6 Å². The molecule has 1 unspecified atom stereocenters. The van der Waals surface area contributed by atoms with Gasteiger partial charge >= 0.3 is 6.03 Å². The van der Waals surface area contributed by atoms with Crippen molar-refractivity contribution in [3.8, 4) is 0 Å². The van der Waals surface area contributed by atoms with Crippen molar-refractivity contribution in [3.05, 3.63) is 0 Å². The van der Waals surface area contributed by atoms with Gasteiger partial charge in [0.05, 0.1) is 12.6 Å². The zero-order valence-electron chi connectivity index (χ0n) is 12.0. The van der Waals surface area contributed by atoms with Crippen LogP contribution in [0.1, 0.15) is 52.9 Å². The van der Waals surface area contributed by atoms with E-state index in [9.17, 15) is 4.79 Å². The Morgan fingerprint density at radius 3 is 2.39 bits per heavy atom. The molecular formula is C14H28N2O2. The van der Waals surface area contributed by atoms with Gasteiger partial charge in [0.15, 0.2) is 0 Å². The van der Waals surface area contributed by atoms with Crippen LogP contribution in [0.2, 0.25) is 0 Å². The molecule has 0 radical (unpaired) electrons. The van der Waals surface area contributed by atoms with E-state index >= 15 is 0 Å². The number of carbonyl (C=O) groups is 1. The van der Waals surface area contributed by atoms with Crippen molar-refractivity contribution in [2.45, 2.75) is 58.9 Å². The third kappa shape index (κ3) is 4.84. The summed E-state index contributed by atoms with van der Waals surface area (Å²) in [4.78, 5) is 11.7. The lowest BCUT2D eigenvalue weighted by atomic mass is 9.78. The molecule has 0 bridgehead atoms. The number of urea groups is 1. The van der Waals surface area contributed by atoms with E-state index in [0.29, 0.717) is 11.3 Å². The molecule has 2 amide bonds. The summed E-state index contributed by atoms with van der Waals surface area (Å²) in [5, 5.41) is 14.6. The average Bonchev–Trinajstić information content (AvgIpc) is 2.74. The molecule has 0 aromatic heterocycles. The van der Waals surface area contributed by atoms with E-state index in [4.69, 9.17) is 5.11 Å². The molecular weight excluding hydrogens is 228 g/mol. The lowest BCUT2D eigenvalue weighted by molar-refractivity contribution is 0.200. The molecule has 0 spiro atoms. The zero-order chi connectivity index (χ0) is 13.6. The van der Waals surface area contributed by atoms with Gasteiger partial charge in [-0.25, -0.2) is 4.79 Å². The summed E-state index contributed by atoms with van der Waals surface area (Å²) in [6.45, 7) is 7.01. The molecule has 1 rings (SSSR count). The van der Waals surface area contributed by atoms with Crippen molar-refractivity contribution in [1.29, 1.82) is 0 Å². The molecule has 0 saturated heterocycles. The van der Waals surface area contributed by atoms with E-state index in [1.165, 1.54) is 32.1 Å². The van der Waals surface area contributed by atoms with Crippen LogP contribution < -0.4 is 10.6 Å². The second-order valence-corrected chi connectivity index (χ2v) is 6.22. The Morgan fingerprint density at radius 2 is 1.89 bits per heavy atom. The van der Waals surface area contributed by atoms with E-state index in [0.717, 1.165) is 6.54 Å². The number of aliphatic hydroxyl groups excluding tert-OH is 1. The number of amides is 2. The van der Waals surface area contributed by atoms with Crippen LogP contribution >= 0.6 is 0 Å². The fourth-order valence-corrected chi connectivity index (χ4v) is 3.03. The minimum atomic E-state index is -0.186. The molecule has 4 heteroatoms. The predicted molar refractivity (Wildman–Crippen MR) is 73.4 cm³/mol. The standard InChI is InChI=1S/C14H28N2O2/c1-11(2)8-14(6-4-5-7-14)10-15-13(18)16-12(3)9-17/h11-12,17H,4-10H2,1-3H3,(H2,15,16,18). The molecule has 1 aliphatic carbocycles. The highest BCUT2D eigenvalue weighted by Gasteiger charge is 2.34. The lowest BCUT2D eigenvalue weighted by Crippen LogP contribution is -2.46. The van der Waals surface area contributed by atoms with Gasteiger partial charge in [0.1, 0.15) is 0 Å². The molecule has 1 aliphatic rings. The first-order chi connectivity index (χ1) is 8.47. The number of hydrogen-bond acceptors (Lipinski definition) is 2. The van der Waals surface area contributed by atoms with E-state index in [1.807, 2.05) is 0 Å². The molecule has 0 aliphatic heterocycles. The van der Waals surface area contributed by atoms with E-state index < -0.39 is 0 Å². The van der Waals surface area contributed by atoms with E-state index in [2.05, 4.69) is 24.5 Å². The highest BCUT2D eigenvalue weighted by molar-refractivity contribution is 5.74. The van der Waals surface area contributed by atoms with Gasteiger partial charge in [-0.3, -0.25) is 0 Å². The summed E-state index contributed by atoms with van der Waals surface area (Å²) < 4.78 is 0. The van der Waals surface area contributed by atoms with Crippen molar-refractivity contribution in [2.24, 2.45) is 11.3 Å². The first-order valence-corrected chi connectivity index (χ1v) is 7.13. The predicted octanol–water partition coefficient (Wildman–Crippen LogP) is 2.27. The largest absolute Gasteiger partial charge is 0.394 e. The van der Waals surface area contributed by atoms with Gasteiger partial charge in [-0.1, -0.05) is 26.7 Å². The molecule has 1 saturated carbocycles. The van der Waals surface area contributed by atoms with Crippen LogP contribution in [0.4, 0.5) is 4.79 Å². The van der Waals surface area contributed by atoms with Crippen LogP contribution in [0.5, 0.6) is 0 Å². The molecule has 4 nitrogen and oxygen atoms in total. The summed E-state index contributed by atoms with van der Waals surface area (Å²) in [5.74, 6) is 0.671. The number of hydrogen-bond donors (Lipinski definition) is 3. The first-order valence-electron chi connectivity index (χ1n) is 7.13. The zero-order valence-corrected chi connectivity index (χ0v) is 12.0. The smallest absolute Gasteiger partial charge is 0.315 e. The third-order valence-corrected chi connectivity index (χ3v) is 3.78. The Bertz CT molecular complexity index is 261. The van der Waals surface area contributed by atoms with Crippen LogP contribution in [0, 0.1) is 11.3 Å². The van der Waals surface area contributed by atoms with Crippen LogP contribution in [-0.4, -0.2) is 30.3 Å². The Balaban J connectivity index is 2.40. The Morgan fingerprint density at radius 1 is 1.28 bits per heavy atom. The second-order valence-electron chi connectivity index (χ2n) is 6.22. The Labute approximate surface area is 111 Å².